The van der Waals surface area contributed by atoms with Crippen LogP contribution in [-0.4, -0.2) is 70.6 Å². The minimum Gasteiger partial charge on any atom is -0.569 e. The van der Waals surface area contributed by atoms with Crippen molar-refractivity contribution < 1.29 is 32.6 Å². The van der Waals surface area contributed by atoms with Gasteiger partial charge in [-0.05, 0) is 63.2 Å². The lowest BCUT2D eigenvalue weighted by atomic mass is 10.1. The zero-order valence-electron chi connectivity index (χ0n) is 25.4. The second-order valence-corrected chi connectivity index (χ2v) is 12.4. The van der Waals surface area contributed by atoms with Crippen molar-refractivity contribution in [3.05, 3.63) is 106 Å². The number of hydrogen-bond donors (Lipinski definition) is 1. The van der Waals surface area contributed by atoms with Crippen LogP contribution in [0.2, 0.25) is 0 Å². The molecule has 14 nitrogen and oxygen atoms in total. The third-order valence-electron chi connectivity index (χ3n) is 7.23. The van der Waals surface area contributed by atoms with Gasteiger partial charge in [0.1, 0.15) is 0 Å². The maximum atomic E-state index is 12.9. The van der Waals surface area contributed by atoms with Gasteiger partial charge >= 0.3 is 0 Å². The van der Waals surface area contributed by atoms with Crippen molar-refractivity contribution in [1.29, 1.82) is 0 Å². The van der Waals surface area contributed by atoms with Gasteiger partial charge in [-0.1, -0.05) is 42.0 Å². The molecule has 5 rings (SSSR count). The number of nitrogens with zero attached hydrogens (tertiary/aromatic N) is 6. The number of sulfonamides is 1. The number of hydrogen-bond acceptors (Lipinski definition) is 9. The Morgan fingerprint density at radius 2 is 1.63 bits per heavy atom. The van der Waals surface area contributed by atoms with E-state index in [2.05, 4.69) is 10.4 Å². The Balaban J connectivity index is 1.16. The first-order chi connectivity index (χ1) is 21.9. The summed E-state index contributed by atoms with van der Waals surface area (Å²) in [6, 6.07) is 22.1. The molecule has 1 unspecified atom stereocenters. The monoisotopic (exact) mass is 645 g/mol. The number of aryl methyl sites for hydroxylation is 2. The highest BCUT2D eigenvalue weighted by molar-refractivity contribution is 7.90. The van der Waals surface area contributed by atoms with Gasteiger partial charge in [0.2, 0.25) is 17.4 Å². The van der Waals surface area contributed by atoms with E-state index in [4.69, 9.17) is 4.84 Å². The summed E-state index contributed by atoms with van der Waals surface area (Å²) < 4.78 is 29.5. The number of rotatable bonds is 11. The highest BCUT2D eigenvalue weighted by Crippen LogP contribution is 2.26. The van der Waals surface area contributed by atoms with Crippen LogP contribution in [-0.2, 0) is 19.7 Å². The van der Waals surface area contributed by atoms with E-state index in [0.717, 1.165) is 32.4 Å². The first kappa shape index (κ1) is 31.8. The van der Waals surface area contributed by atoms with Gasteiger partial charge in [-0.3, -0.25) is 14.4 Å². The molecule has 15 heteroatoms. The predicted octanol–water partition coefficient (Wildman–Crippen LogP) is 3.73. The molecular weight excluding hydrogens is 614 g/mol. The molecule has 0 saturated heterocycles. The van der Waals surface area contributed by atoms with Crippen LogP contribution in [0, 0.1) is 19.1 Å². The van der Waals surface area contributed by atoms with Crippen LogP contribution in [0.15, 0.2) is 89.0 Å². The van der Waals surface area contributed by atoms with Crippen LogP contribution >= 0.6 is 0 Å². The Hall–Kier alpha value is -5.57. The van der Waals surface area contributed by atoms with Crippen molar-refractivity contribution >= 4 is 27.7 Å². The third-order valence-corrected chi connectivity index (χ3v) is 8.62. The number of carbonyl (C=O) groups is 3. The molecule has 2 heterocycles. The predicted molar refractivity (Wildman–Crippen MR) is 165 cm³/mol. The maximum absolute atomic E-state index is 12.9. The molecule has 238 valence electrons. The summed E-state index contributed by atoms with van der Waals surface area (Å²) in [5.41, 5.74) is 4.78. The summed E-state index contributed by atoms with van der Waals surface area (Å²) >= 11 is 0. The van der Waals surface area contributed by atoms with Crippen LogP contribution in [0.5, 0.6) is 0 Å². The number of hydrazine groups is 1. The molecule has 0 aliphatic carbocycles. The largest absolute Gasteiger partial charge is 0.569 e. The normalized spacial score (nSPS) is 13.8. The molecule has 0 fully saturated rings. The number of imide groups is 1. The molecule has 1 aliphatic heterocycles. The molecule has 1 N–H and O–H groups in total. The molecule has 0 saturated carbocycles. The molecule has 3 aromatic carbocycles. The molecule has 0 spiro atoms. The number of amides is 3. The zero-order chi connectivity index (χ0) is 33.2. The average Bonchev–Trinajstić information content (AvgIpc) is 3.55. The smallest absolute Gasteiger partial charge is 0.264 e. The van der Waals surface area contributed by atoms with Crippen molar-refractivity contribution in [1.82, 2.24) is 24.4 Å². The second-order valence-electron chi connectivity index (χ2n) is 10.7. The highest BCUT2D eigenvalue weighted by atomic mass is 32.2. The first-order valence-corrected chi connectivity index (χ1v) is 15.7. The number of carbonyl (C=O) groups excluding carboxylic acids is 3. The van der Waals surface area contributed by atoms with Gasteiger partial charge in [0.15, 0.2) is 0 Å². The topological polar surface area (TPSA) is 169 Å². The molecule has 1 atom stereocenters. The Labute approximate surface area is 265 Å². The molecule has 1 aromatic heterocycles. The van der Waals surface area contributed by atoms with Crippen molar-refractivity contribution in [2.24, 2.45) is 5.28 Å². The summed E-state index contributed by atoms with van der Waals surface area (Å²) in [7, 11) is -2.91. The van der Waals surface area contributed by atoms with E-state index in [1.165, 1.54) is 38.2 Å². The van der Waals surface area contributed by atoms with Crippen molar-refractivity contribution in [2.45, 2.75) is 38.3 Å². The molecule has 0 radical (unpaired) electrons. The van der Waals surface area contributed by atoms with Gasteiger partial charge < -0.3 is 10.0 Å². The number of benzene rings is 3. The second kappa shape index (κ2) is 12.8. The summed E-state index contributed by atoms with van der Waals surface area (Å²) in [5.74, 6) is -2.01. The molecule has 0 bridgehead atoms. The summed E-state index contributed by atoms with van der Waals surface area (Å²) in [6.45, 7) is 5.02. The molecule has 4 aromatic rings. The van der Waals surface area contributed by atoms with Gasteiger partial charge in [0, 0.05) is 5.56 Å². The zero-order valence-corrected chi connectivity index (χ0v) is 26.3. The minimum atomic E-state index is -4.21. The third kappa shape index (κ3) is 6.58. The van der Waals surface area contributed by atoms with Crippen LogP contribution in [0.25, 0.3) is 16.9 Å². The number of fused-ring (bicyclic) bond motifs is 1. The lowest BCUT2D eigenvalue weighted by Gasteiger charge is -2.19. The standard InChI is InChI=1S/C31H31N7O7S/c1-20-9-11-23(12-10-20)28-19-21(2)32-37(28)24-13-15-25(16-14-24)46(43,44)33-29(39)17-18-35(4)38(42)34-45-22(3)36-30(40)26-7-5-6-8-27(26)31(36)41/h5-16,19,22H,17-18H2,1-4H3,(H,33,39)/b38-34-. The summed E-state index contributed by atoms with van der Waals surface area (Å²) in [6.07, 6.45) is -1.56. The Kier molecular flexibility index (Phi) is 8.87. The first-order valence-electron chi connectivity index (χ1n) is 14.2. The van der Waals surface area contributed by atoms with E-state index < -0.39 is 34.0 Å². The van der Waals surface area contributed by atoms with Crippen molar-refractivity contribution in [3.8, 4) is 16.9 Å². The fourth-order valence-corrected chi connectivity index (χ4v) is 5.77. The van der Waals surface area contributed by atoms with Crippen LogP contribution in [0.3, 0.4) is 0 Å². The number of aromatic nitrogens is 2. The quantitative estimate of drug-likeness (QED) is 0.111. The van der Waals surface area contributed by atoms with Gasteiger partial charge in [-0.25, -0.2) is 22.7 Å². The Morgan fingerprint density at radius 3 is 2.24 bits per heavy atom. The lowest BCUT2D eigenvalue weighted by molar-refractivity contribution is -0.706. The van der Waals surface area contributed by atoms with Crippen molar-refractivity contribution in [3.63, 3.8) is 0 Å². The van der Waals surface area contributed by atoms with Crippen LogP contribution in [0.4, 0.5) is 0 Å². The molecule has 1 aliphatic rings. The van der Waals surface area contributed by atoms with Crippen LogP contribution in [0.1, 0.15) is 45.3 Å². The van der Waals surface area contributed by atoms with E-state index in [9.17, 15) is 28.0 Å². The van der Waals surface area contributed by atoms with Crippen LogP contribution < -0.4 is 4.72 Å². The Morgan fingerprint density at radius 1 is 1.02 bits per heavy atom. The van der Waals surface area contributed by atoms with Crippen molar-refractivity contribution in [2.75, 3.05) is 13.6 Å². The number of nitrogens with one attached hydrogen (secondary N) is 1. The summed E-state index contributed by atoms with van der Waals surface area (Å²) in [4.78, 5) is 43.4. The fraction of sp³-hybridized carbons (Fsp3) is 0.226. The van der Waals surface area contributed by atoms with Gasteiger partial charge in [-0.2, -0.15) is 5.10 Å². The van der Waals surface area contributed by atoms with E-state index >= 15 is 0 Å². The molecule has 3 amide bonds. The fourth-order valence-electron chi connectivity index (χ4n) is 4.76. The highest BCUT2D eigenvalue weighted by Gasteiger charge is 2.39. The maximum Gasteiger partial charge on any atom is 0.264 e. The Bertz CT molecular complexity index is 1900. The lowest BCUT2D eigenvalue weighted by Crippen LogP contribution is -2.39. The molecule has 46 heavy (non-hydrogen) atoms. The van der Waals surface area contributed by atoms with Gasteiger partial charge in [-0.15, -0.1) is 5.01 Å². The molecular formula is C31H31N7O7S. The van der Waals surface area contributed by atoms with E-state index in [0.29, 0.717) is 5.69 Å². The van der Waals surface area contributed by atoms with Gasteiger partial charge in [0.25, 0.3) is 21.8 Å². The van der Waals surface area contributed by atoms with E-state index in [-0.39, 0.29) is 34.0 Å². The summed E-state index contributed by atoms with van der Waals surface area (Å²) in [5, 5.41) is 21.2. The van der Waals surface area contributed by atoms with E-state index in [1.54, 1.807) is 28.9 Å². The van der Waals surface area contributed by atoms with E-state index in [1.807, 2.05) is 48.9 Å². The minimum absolute atomic E-state index is 0.0248. The average molecular weight is 646 g/mol. The SMILES string of the molecule is Cc1ccc(-c2cc(C)nn2-c2ccc(S(=O)(=O)NC(=O)CCN(C)/[N+]([O-])=N/OC(C)N3C(=O)c4ccccc4C3=O)cc2)cc1. The van der Waals surface area contributed by atoms with Gasteiger partial charge in [0.05, 0.1) is 58.1 Å².